The van der Waals surface area contributed by atoms with E-state index in [0.717, 1.165) is 0 Å². The molecule has 3 aromatic carbocycles. The molecular weight excluding hydrogens is 477 g/mol. The third kappa shape index (κ3) is 4.23. The number of benzene rings is 3. The second-order valence-corrected chi connectivity index (χ2v) is 8.12. The van der Waals surface area contributed by atoms with Crippen LogP contribution in [0.2, 0.25) is 10.0 Å². The van der Waals surface area contributed by atoms with Gasteiger partial charge >= 0.3 is 0 Å². The van der Waals surface area contributed by atoms with Crippen LogP contribution in [-0.2, 0) is 4.79 Å². The highest BCUT2D eigenvalue weighted by Gasteiger charge is 2.26. The first-order chi connectivity index (χ1) is 16.5. The fraction of sp³-hybridized carbons (Fsp3) is 0.0800. The predicted molar refractivity (Wildman–Crippen MR) is 131 cm³/mol. The number of halogens is 2. The van der Waals surface area contributed by atoms with E-state index in [2.05, 4.69) is 16.5 Å². The van der Waals surface area contributed by atoms with E-state index in [1.807, 2.05) is 0 Å². The van der Waals surface area contributed by atoms with Gasteiger partial charge in [0, 0.05) is 11.1 Å². The first kappa shape index (κ1) is 22.0. The van der Waals surface area contributed by atoms with Crippen molar-refractivity contribution in [2.24, 2.45) is 0 Å². The molecule has 0 saturated carbocycles. The van der Waals surface area contributed by atoms with Crippen LogP contribution in [0.4, 0.5) is 5.69 Å². The molecule has 34 heavy (non-hydrogen) atoms. The number of nitrogens with zero attached hydrogens (tertiary/aromatic N) is 3. The Morgan fingerprint density at radius 2 is 1.79 bits per heavy atom. The number of rotatable bonds is 5. The Morgan fingerprint density at radius 3 is 2.56 bits per heavy atom. The average Bonchev–Trinajstić information content (AvgIpc) is 2.86. The maximum Gasteiger partial charge on any atom is 0.250 e. The van der Waals surface area contributed by atoms with E-state index in [0.29, 0.717) is 68.7 Å². The minimum absolute atomic E-state index is 0.210. The molecule has 7 nitrogen and oxygen atoms in total. The molecule has 0 spiro atoms. The van der Waals surface area contributed by atoms with E-state index in [9.17, 15) is 4.79 Å². The second-order valence-electron chi connectivity index (χ2n) is 7.28. The molecule has 0 N–H and O–H groups in total. The molecule has 0 bridgehead atoms. The number of ether oxygens (including phenoxy) is 3. The monoisotopic (exact) mass is 493 g/mol. The third-order valence-electron chi connectivity index (χ3n) is 5.15. The van der Waals surface area contributed by atoms with Crippen LogP contribution < -0.4 is 19.1 Å². The molecule has 0 fully saturated rings. The lowest BCUT2D eigenvalue weighted by Crippen LogP contribution is -2.36. The van der Waals surface area contributed by atoms with E-state index in [1.165, 1.54) is 12.4 Å². The lowest BCUT2D eigenvalue weighted by molar-refractivity contribution is -0.114. The molecule has 5 rings (SSSR count). The molecule has 1 aromatic heterocycles. The first-order valence-corrected chi connectivity index (χ1v) is 11.0. The van der Waals surface area contributed by atoms with E-state index in [1.54, 1.807) is 59.5 Å². The number of amides is 1. The van der Waals surface area contributed by atoms with Crippen molar-refractivity contribution in [1.29, 1.82) is 0 Å². The Kier molecular flexibility index (Phi) is 5.96. The Bertz CT molecular complexity index is 1410. The zero-order chi connectivity index (χ0) is 23.7. The van der Waals surface area contributed by atoms with Crippen LogP contribution in [-0.4, -0.2) is 29.0 Å². The number of aromatic nitrogens is 2. The van der Waals surface area contributed by atoms with Crippen molar-refractivity contribution in [3.05, 3.63) is 83.6 Å². The van der Waals surface area contributed by atoms with Crippen molar-refractivity contribution in [3.63, 3.8) is 0 Å². The quantitative estimate of drug-likeness (QED) is 0.298. The summed E-state index contributed by atoms with van der Waals surface area (Å²) in [5.74, 6) is 2.12. The fourth-order valence-electron chi connectivity index (χ4n) is 3.59. The molecule has 9 heteroatoms. The summed E-state index contributed by atoms with van der Waals surface area (Å²) in [4.78, 5) is 22.5. The zero-order valence-corrected chi connectivity index (χ0v) is 19.2. The second kappa shape index (κ2) is 9.21. The topological polar surface area (TPSA) is 73.8 Å². The van der Waals surface area contributed by atoms with Crippen LogP contribution in [0, 0.1) is 0 Å². The summed E-state index contributed by atoms with van der Waals surface area (Å²) in [6.07, 6.45) is 2.69. The van der Waals surface area contributed by atoms with Crippen molar-refractivity contribution < 1.29 is 19.0 Å². The van der Waals surface area contributed by atoms with Gasteiger partial charge in [-0.15, -0.1) is 0 Å². The van der Waals surface area contributed by atoms with E-state index in [4.69, 9.17) is 37.4 Å². The fourth-order valence-corrected chi connectivity index (χ4v) is 3.91. The molecule has 1 aliphatic rings. The zero-order valence-electron chi connectivity index (χ0n) is 17.7. The van der Waals surface area contributed by atoms with Crippen LogP contribution >= 0.6 is 23.2 Å². The molecule has 1 amide bonds. The van der Waals surface area contributed by atoms with Crippen molar-refractivity contribution in [2.45, 2.75) is 0 Å². The van der Waals surface area contributed by atoms with Crippen LogP contribution in [0.1, 0.15) is 0 Å². The predicted octanol–water partition coefficient (Wildman–Crippen LogP) is 6.43. The third-order valence-corrected chi connectivity index (χ3v) is 5.70. The molecule has 0 atom stereocenters. The van der Waals surface area contributed by atoms with E-state index >= 15 is 0 Å². The highest BCUT2D eigenvalue weighted by molar-refractivity contribution is 6.34. The van der Waals surface area contributed by atoms with Gasteiger partial charge in [0.15, 0.2) is 5.75 Å². The number of carbonyl (C=O) groups is 1. The summed E-state index contributed by atoms with van der Waals surface area (Å²) in [7, 11) is 0. The summed E-state index contributed by atoms with van der Waals surface area (Å²) in [6, 6.07) is 15.6. The molecule has 0 unspecified atom stereocenters. The Morgan fingerprint density at radius 1 is 1.03 bits per heavy atom. The summed E-state index contributed by atoms with van der Waals surface area (Å²) in [5.41, 5.74) is 1.25. The van der Waals surface area contributed by atoms with Gasteiger partial charge in [0.2, 0.25) is 5.88 Å². The van der Waals surface area contributed by atoms with Crippen molar-refractivity contribution in [2.75, 3.05) is 18.1 Å². The maximum atomic E-state index is 12.3. The van der Waals surface area contributed by atoms with Crippen LogP contribution in [0.25, 0.3) is 10.9 Å². The van der Waals surface area contributed by atoms with Gasteiger partial charge in [-0.25, -0.2) is 9.97 Å². The van der Waals surface area contributed by atoms with Crippen LogP contribution in [0.5, 0.6) is 28.9 Å². The SMILES string of the molecule is C=CC(=O)N1CCOc2c1ccc1ncnc(Oc3ccc(Oc4cc(Cl)ccc4Cl)cc3)c21. The maximum absolute atomic E-state index is 12.3. The first-order valence-electron chi connectivity index (χ1n) is 10.3. The van der Waals surface area contributed by atoms with Gasteiger partial charge in [-0.3, -0.25) is 4.79 Å². The van der Waals surface area contributed by atoms with Crippen LogP contribution in [0.15, 0.2) is 73.6 Å². The minimum atomic E-state index is -0.210. The molecule has 170 valence electrons. The van der Waals surface area contributed by atoms with Gasteiger partial charge in [0.05, 0.1) is 22.8 Å². The molecule has 4 aromatic rings. The van der Waals surface area contributed by atoms with Gasteiger partial charge < -0.3 is 19.1 Å². The molecule has 2 heterocycles. The van der Waals surface area contributed by atoms with Gasteiger partial charge in [0.1, 0.15) is 35.6 Å². The van der Waals surface area contributed by atoms with Gasteiger partial charge in [-0.05, 0) is 54.6 Å². The summed E-state index contributed by atoms with van der Waals surface area (Å²) >= 11 is 12.2. The number of hydrogen-bond donors (Lipinski definition) is 0. The van der Waals surface area contributed by atoms with E-state index in [-0.39, 0.29) is 5.91 Å². The molecule has 0 saturated heterocycles. The highest BCUT2D eigenvalue weighted by atomic mass is 35.5. The highest BCUT2D eigenvalue weighted by Crippen LogP contribution is 2.42. The summed E-state index contributed by atoms with van der Waals surface area (Å²) in [5, 5.41) is 1.55. The van der Waals surface area contributed by atoms with Crippen molar-refractivity contribution >= 4 is 45.7 Å². The molecular formula is C25H17Cl2N3O4. The minimum Gasteiger partial charge on any atom is -0.489 e. The van der Waals surface area contributed by atoms with Gasteiger partial charge in [-0.2, -0.15) is 0 Å². The Labute approximate surface area is 205 Å². The van der Waals surface area contributed by atoms with E-state index < -0.39 is 0 Å². The largest absolute Gasteiger partial charge is 0.489 e. The summed E-state index contributed by atoms with van der Waals surface area (Å²) < 4.78 is 17.8. The summed E-state index contributed by atoms with van der Waals surface area (Å²) in [6.45, 7) is 4.33. The Balaban J connectivity index is 1.45. The molecule has 1 aliphatic heterocycles. The number of fused-ring (bicyclic) bond motifs is 3. The molecule has 0 aliphatic carbocycles. The normalized spacial score (nSPS) is 12.6. The number of hydrogen-bond acceptors (Lipinski definition) is 6. The van der Waals surface area contributed by atoms with Crippen molar-refractivity contribution in [1.82, 2.24) is 9.97 Å². The lowest BCUT2D eigenvalue weighted by Gasteiger charge is -2.29. The van der Waals surface area contributed by atoms with Crippen LogP contribution in [0.3, 0.4) is 0 Å². The number of anilines is 1. The lowest BCUT2D eigenvalue weighted by atomic mass is 10.1. The Hall–Kier alpha value is -3.81. The average molecular weight is 494 g/mol. The smallest absolute Gasteiger partial charge is 0.250 e. The van der Waals surface area contributed by atoms with Gasteiger partial charge in [0.25, 0.3) is 5.91 Å². The van der Waals surface area contributed by atoms with Crippen molar-refractivity contribution in [3.8, 4) is 28.9 Å². The molecule has 0 radical (unpaired) electrons. The standard InChI is InChI=1S/C25H17Cl2N3O4/c1-2-22(31)30-11-12-32-24-20(30)10-9-19-23(24)25(29-14-28-19)34-17-6-4-16(5-7-17)33-21-13-15(26)3-8-18(21)27/h2-10,13-14H,1,11-12H2. The van der Waals surface area contributed by atoms with Gasteiger partial charge in [-0.1, -0.05) is 29.8 Å². The number of carbonyl (C=O) groups excluding carboxylic acids is 1.